The summed E-state index contributed by atoms with van der Waals surface area (Å²) in [5, 5.41) is 2.89. The zero-order valence-corrected chi connectivity index (χ0v) is 15.9. The highest BCUT2D eigenvalue weighted by Gasteiger charge is 2.09. The molecule has 0 aliphatic carbocycles. The van der Waals surface area contributed by atoms with E-state index < -0.39 is 0 Å². The molecule has 0 aliphatic heterocycles. The van der Waals surface area contributed by atoms with Crippen LogP contribution >= 0.6 is 0 Å². The standard InChI is InChI=1S/C22H20N4O3/c1-2-28-19-5-3-4-6-20(19)29-21-10-7-15(12-23-21)13-24-22(27)16-8-9-17-18(11-16)26-14-25-17/h3-12,14H,2,13H2,1H3,(H,24,27)(H,25,26). The zero-order valence-electron chi connectivity index (χ0n) is 15.9. The van der Waals surface area contributed by atoms with Gasteiger partial charge in [-0.15, -0.1) is 0 Å². The van der Waals surface area contributed by atoms with E-state index in [4.69, 9.17) is 9.47 Å². The number of rotatable bonds is 7. The molecule has 7 heteroatoms. The van der Waals surface area contributed by atoms with E-state index in [1.165, 1.54) is 0 Å². The topological polar surface area (TPSA) is 89.1 Å². The van der Waals surface area contributed by atoms with Crippen molar-refractivity contribution in [2.45, 2.75) is 13.5 Å². The number of aromatic amines is 1. The lowest BCUT2D eigenvalue weighted by Gasteiger charge is -2.11. The van der Waals surface area contributed by atoms with Crippen molar-refractivity contribution in [3.8, 4) is 17.4 Å². The Bertz CT molecular complexity index is 1120. The van der Waals surface area contributed by atoms with E-state index in [1.807, 2.05) is 43.3 Å². The first-order chi connectivity index (χ1) is 14.2. The molecule has 0 atom stereocenters. The van der Waals surface area contributed by atoms with E-state index in [0.717, 1.165) is 16.6 Å². The SMILES string of the molecule is CCOc1ccccc1Oc1ccc(CNC(=O)c2ccc3nc[nH]c3c2)cn1. The number of hydrogen-bond acceptors (Lipinski definition) is 5. The first-order valence-corrected chi connectivity index (χ1v) is 9.29. The summed E-state index contributed by atoms with van der Waals surface area (Å²) >= 11 is 0. The molecule has 0 saturated carbocycles. The summed E-state index contributed by atoms with van der Waals surface area (Å²) in [5.41, 5.74) is 3.09. The van der Waals surface area contributed by atoms with Crippen molar-refractivity contribution >= 4 is 16.9 Å². The number of para-hydroxylation sites is 2. The fraction of sp³-hybridized carbons (Fsp3) is 0.136. The van der Waals surface area contributed by atoms with Crippen molar-refractivity contribution in [3.63, 3.8) is 0 Å². The van der Waals surface area contributed by atoms with Crippen LogP contribution < -0.4 is 14.8 Å². The Kier molecular flexibility index (Phi) is 5.38. The smallest absolute Gasteiger partial charge is 0.251 e. The largest absolute Gasteiger partial charge is 0.490 e. The maximum absolute atomic E-state index is 12.4. The van der Waals surface area contributed by atoms with Gasteiger partial charge in [-0.1, -0.05) is 18.2 Å². The minimum absolute atomic E-state index is 0.160. The third-order valence-corrected chi connectivity index (χ3v) is 4.30. The highest BCUT2D eigenvalue weighted by Crippen LogP contribution is 2.30. The molecule has 0 radical (unpaired) electrons. The summed E-state index contributed by atoms with van der Waals surface area (Å²) in [7, 11) is 0. The molecule has 0 spiro atoms. The lowest BCUT2D eigenvalue weighted by Crippen LogP contribution is -2.22. The molecule has 7 nitrogen and oxygen atoms in total. The average Bonchev–Trinajstić information content (AvgIpc) is 3.22. The number of benzene rings is 2. The summed E-state index contributed by atoms with van der Waals surface area (Å²) in [5.74, 6) is 1.57. The number of H-pyrrole nitrogens is 1. The Morgan fingerprint density at radius 1 is 1.07 bits per heavy atom. The molecule has 4 aromatic rings. The molecule has 0 fully saturated rings. The predicted molar refractivity (Wildman–Crippen MR) is 109 cm³/mol. The van der Waals surface area contributed by atoms with Crippen LogP contribution in [0.2, 0.25) is 0 Å². The molecule has 29 heavy (non-hydrogen) atoms. The second-order valence-corrected chi connectivity index (χ2v) is 6.30. The number of nitrogens with zero attached hydrogens (tertiary/aromatic N) is 2. The summed E-state index contributed by atoms with van der Waals surface area (Å²) < 4.78 is 11.4. The molecular formula is C22H20N4O3. The van der Waals surface area contributed by atoms with Crippen LogP contribution in [0.5, 0.6) is 17.4 Å². The number of carbonyl (C=O) groups excluding carboxylic acids is 1. The predicted octanol–water partition coefficient (Wildman–Crippen LogP) is 4.08. The number of pyridine rings is 1. The number of nitrogens with one attached hydrogen (secondary N) is 2. The van der Waals surface area contributed by atoms with Crippen LogP contribution in [0, 0.1) is 0 Å². The molecule has 0 unspecified atom stereocenters. The fourth-order valence-electron chi connectivity index (χ4n) is 2.86. The minimum atomic E-state index is -0.160. The van der Waals surface area contributed by atoms with E-state index in [9.17, 15) is 4.79 Å². The third-order valence-electron chi connectivity index (χ3n) is 4.30. The average molecular weight is 388 g/mol. The fourth-order valence-corrected chi connectivity index (χ4v) is 2.86. The van der Waals surface area contributed by atoms with E-state index >= 15 is 0 Å². The van der Waals surface area contributed by atoms with Gasteiger partial charge in [-0.3, -0.25) is 4.79 Å². The molecule has 4 rings (SSSR count). The Balaban J connectivity index is 1.37. The van der Waals surface area contributed by atoms with Crippen LogP contribution in [-0.2, 0) is 6.54 Å². The van der Waals surface area contributed by atoms with Gasteiger partial charge in [0.05, 0.1) is 24.0 Å². The molecule has 2 aromatic carbocycles. The molecule has 0 saturated heterocycles. The van der Waals surface area contributed by atoms with Gasteiger partial charge in [0.1, 0.15) is 0 Å². The number of imidazole rings is 1. The summed E-state index contributed by atoms with van der Waals surface area (Å²) in [4.78, 5) is 23.9. The monoisotopic (exact) mass is 388 g/mol. The summed E-state index contributed by atoms with van der Waals surface area (Å²) in [6, 6.07) is 16.4. The van der Waals surface area contributed by atoms with Crippen LogP contribution in [0.1, 0.15) is 22.8 Å². The molecule has 146 valence electrons. The number of carbonyl (C=O) groups is 1. The second kappa shape index (κ2) is 8.43. The van der Waals surface area contributed by atoms with E-state index in [0.29, 0.717) is 36.1 Å². The normalized spacial score (nSPS) is 10.7. The van der Waals surface area contributed by atoms with Crippen LogP contribution in [0.15, 0.2) is 67.1 Å². The number of ether oxygens (including phenoxy) is 2. The molecular weight excluding hydrogens is 368 g/mol. The maximum Gasteiger partial charge on any atom is 0.251 e. The van der Waals surface area contributed by atoms with E-state index in [1.54, 1.807) is 30.7 Å². The molecule has 1 amide bonds. The Hall–Kier alpha value is -3.87. The minimum Gasteiger partial charge on any atom is -0.490 e. The van der Waals surface area contributed by atoms with Gasteiger partial charge in [-0.25, -0.2) is 9.97 Å². The number of hydrogen-bond donors (Lipinski definition) is 2. The first-order valence-electron chi connectivity index (χ1n) is 9.29. The summed E-state index contributed by atoms with van der Waals surface area (Å²) in [6.07, 6.45) is 3.28. The van der Waals surface area contributed by atoms with Gasteiger partial charge in [0.2, 0.25) is 5.88 Å². The van der Waals surface area contributed by atoms with Crippen molar-refractivity contribution < 1.29 is 14.3 Å². The quantitative estimate of drug-likeness (QED) is 0.498. The zero-order chi connectivity index (χ0) is 20.1. The van der Waals surface area contributed by atoms with Gasteiger partial charge in [0.25, 0.3) is 5.91 Å². The lowest BCUT2D eigenvalue weighted by atomic mass is 10.2. The van der Waals surface area contributed by atoms with Gasteiger partial charge < -0.3 is 19.8 Å². The highest BCUT2D eigenvalue weighted by molar-refractivity contribution is 5.97. The molecule has 0 aliphatic rings. The van der Waals surface area contributed by atoms with Crippen molar-refractivity contribution in [2.75, 3.05) is 6.61 Å². The van der Waals surface area contributed by atoms with Crippen molar-refractivity contribution in [1.29, 1.82) is 0 Å². The second-order valence-electron chi connectivity index (χ2n) is 6.30. The maximum atomic E-state index is 12.4. The van der Waals surface area contributed by atoms with E-state index in [-0.39, 0.29) is 5.91 Å². The number of amides is 1. The van der Waals surface area contributed by atoms with Gasteiger partial charge in [-0.05, 0) is 42.8 Å². The van der Waals surface area contributed by atoms with Crippen LogP contribution in [0.25, 0.3) is 11.0 Å². The van der Waals surface area contributed by atoms with Gasteiger partial charge in [0.15, 0.2) is 11.5 Å². The van der Waals surface area contributed by atoms with Crippen LogP contribution in [-0.4, -0.2) is 27.5 Å². The molecule has 2 heterocycles. The first kappa shape index (κ1) is 18.5. The third kappa shape index (κ3) is 4.35. The van der Waals surface area contributed by atoms with Gasteiger partial charge in [0, 0.05) is 24.4 Å². The van der Waals surface area contributed by atoms with Crippen LogP contribution in [0.4, 0.5) is 0 Å². The molecule has 2 aromatic heterocycles. The molecule has 2 N–H and O–H groups in total. The lowest BCUT2D eigenvalue weighted by molar-refractivity contribution is 0.0951. The Morgan fingerprint density at radius 2 is 1.93 bits per heavy atom. The number of aromatic nitrogens is 3. The Labute approximate surface area is 167 Å². The summed E-state index contributed by atoms with van der Waals surface area (Å²) in [6.45, 7) is 2.84. The van der Waals surface area contributed by atoms with Gasteiger partial charge >= 0.3 is 0 Å². The molecule has 0 bridgehead atoms. The van der Waals surface area contributed by atoms with Crippen molar-refractivity contribution in [1.82, 2.24) is 20.3 Å². The van der Waals surface area contributed by atoms with E-state index in [2.05, 4.69) is 20.3 Å². The van der Waals surface area contributed by atoms with Crippen LogP contribution in [0.3, 0.4) is 0 Å². The highest BCUT2D eigenvalue weighted by atomic mass is 16.5. The van der Waals surface area contributed by atoms with Crippen molar-refractivity contribution in [2.24, 2.45) is 0 Å². The Morgan fingerprint density at radius 3 is 2.72 bits per heavy atom. The number of fused-ring (bicyclic) bond motifs is 1. The van der Waals surface area contributed by atoms with Gasteiger partial charge in [-0.2, -0.15) is 0 Å². The van der Waals surface area contributed by atoms with Crippen molar-refractivity contribution in [3.05, 3.63) is 78.2 Å².